The van der Waals surface area contributed by atoms with E-state index in [0.717, 1.165) is 23.6 Å². The summed E-state index contributed by atoms with van der Waals surface area (Å²) in [6.45, 7) is 3.60. The molecule has 2 rings (SSSR count). The van der Waals surface area contributed by atoms with E-state index in [2.05, 4.69) is 28.2 Å². The largest absolute Gasteiger partial charge is 0.373 e. The van der Waals surface area contributed by atoms with Crippen LogP contribution in [0.4, 0.5) is 16.2 Å². The number of aromatic nitrogens is 1. The average molecular weight is 337 g/mol. The van der Waals surface area contributed by atoms with E-state index >= 15 is 0 Å². The van der Waals surface area contributed by atoms with E-state index in [1.54, 1.807) is 11.1 Å². The van der Waals surface area contributed by atoms with Gasteiger partial charge in [-0.25, -0.2) is 4.79 Å². The van der Waals surface area contributed by atoms with E-state index in [1.165, 1.54) is 0 Å². The van der Waals surface area contributed by atoms with E-state index in [4.69, 9.17) is 5.26 Å². The smallest absolute Gasteiger partial charge is 0.322 e. The van der Waals surface area contributed by atoms with Gasteiger partial charge < -0.3 is 15.1 Å². The maximum atomic E-state index is 12.7. The number of carbonyl (C=O) groups excluding carboxylic acids is 1. The van der Waals surface area contributed by atoms with E-state index < -0.39 is 0 Å². The Bertz CT molecular complexity index is 726. The lowest BCUT2D eigenvalue weighted by atomic mass is 10.2. The topological polar surface area (TPSA) is 72.3 Å². The second-order valence-corrected chi connectivity index (χ2v) is 5.61. The Morgan fingerprint density at radius 1 is 1.24 bits per heavy atom. The molecule has 0 saturated heterocycles. The van der Waals surface area contributed by atoms with Crippen molar-refractivity contribution in [1.29, 1.82) is 5.26 Å². The second kappa shape index (κ2) is 9.28. The van der Waals surface area contributed by atoms with Gasteiger partial charge in [-0.2, -0.15) is 5.26 Å². The highest BCUT2D eigenvalue weighted by molar-refractivity contribution is 5.93. The molecule has 0 aliphatic rings. The number of benzene rings is 1. The number of pyridine rings is 1. The molecule has 1 aromatic heterocycles. The van der Waals surface area contributed by atoms with Gasteiger partial charge >= 0.3 is 6.03 Å². The van der Waals surface area contributed by atoms with Crippen LogP contribution < -0.4 is 10.2 Å². The summed E-state index contributed by atoms with van der Waals surface area (Å²) in [5, 5.41) is 11.8. The number of nitriles is 1. The third kappa shape index (κ3) is 5.21. The number of anilines is 2. The summed E-state index contributed by atoms with van der Waals surface area (Å²) in [5.74, 6) is 0. The molecule has 0 aliphatic carbocycles. The van der Waals surface area contributed by atoms with Gasteiger partial charge in [0.25, 0.3) is 0 Å². The number of hydrogen-bond donors (Lipinski definition) is 1. The zero-order chi connectivity index (χ0) is 18.1. The molecule has 2 aromatic rings. The Balaban J connectivity index is 2.16. The van der Waals surface area contributed by atoms with Crippen molar-refractivity contribution < 1.29 is 4.79 Å². The number of para-hydroxylation sites is 2. The Labute approximate surface area is 148 Å². The van der Waals surface area contributed by atoms with Gasteiger partial charge in [-0.05, 0) is 31.2 Å². The van der Waals surface area contributed by atoms with Crippen molar-refractivity contribution in [3.05, 3.63) is 54.4 Å². The van der Waals surface area contributed by atoms with Gasteiger partial charge in [0.05, 0.1) is 36.1 Å². The minimum Gasteiger partial charge on any atom is -0.373 e. The molecule has 0 bridgehead atoms. The van der Waals surface area contributed by atoms with Crippen LogP contribution in [0.5, 0.6) is 0 Å². The summed E-state index contributed by atoms with van der Waals surface area (Å²) < 4.78 is 0. The van der Waals surface area contributed by atoms with Crippen molar-refractivity contribution in [3.8, 4) is 6.07 Å². The first-order valence-corrected chi connectivity index (χ1v) is 8.28. The standard InChI is InChI=1S/C19H23N5O/c1-3-23(2)18-11-5-4-10-17(18)22-19(25)24(14-8-12-20)15-16-9-6-7-13-21-16/h4-7,9-11,13H,3,8,14-15H2,1-2H3,(H,22,25). The maximum absolute atomic E-state index is 12.7. The zero-order valence-corrected chi connectivity index (χ0v) is 14.6. The van der Waals surface area contributed by atoms with Crippen LogP contribution in [0.1, 0.15) is 19.0 Å². The Morgan fingerprint density at radius 3 is 2.68 bits per heavy atom. The fourth-order valence-corrected chi connectivity index (χ4v) is 2.40. The molecule has 130 valence electrons. The first-order chi connectivity index (χ1) is 12.2. The molecule has 0 fully saturated rings. The van der Waals surface area contributed by atoms with Crippen molar-refractivity contribution in [3.63, 3.8) is 0 Å². The van der Waals surface area contributed by atoms with Crippen LogP contribution >= 0.6 is 0 Å². The fraction of sp³-hybridized carbons (Fsp3) is 0.316. The fourth-order valence-electron chi connectivity index (χ4n) is 2.40. The molecule has 0 spiro atoms. The zero-order valence-electron chi connectivity index (χ0n) is 14.6. The number of amides is 2. The molecular weight excluding hydrogens is 314 g/mol. The number of nitrogens with one attached hydrogen (secondary N) is 1. The summed E-state index contributed by atoms with van der Waals surface area (Å²) in [5.41, 5.74) is 2.49. The van der Waals surface area contributed by atoms with Crippen LogP contribution in [0, 0.1) is 11.3 Å². The van der Waals surface area contributed by atoms with Crippen LogP contribution in [0.2, 0.25) is 0 Å². The summed E-state index contributed by atoms with van der Waals surface area (Å²) in [6.07, 6.45) is 1.97. The highest BCUT2D eigenvalue weighted by atomic mass is 16.2. The summed E-state index contributed by atoms with van der Waals surface area (Å²) >= 11 is 0. The lowest BCUT2D eigenvalue weighted by Crippen LogP contribution is -2.36. The van der Waals surface area contributed by atoms with Crippen LogP contribution in [-0.2, 0) is 6.54 Å². The number of rotatable bonds is 7. The Hall–Kier alpha value is -3.07. The van der Waals surface area contributed by atoms with Crippen LogP contribution in [0.25, 0.3) is 0 Å². The van der Waals surface area contributed by atoms with Gasteiger partial charge in [0.15, 0.2) is 0 Å². The van der Waals surface area contributed by atoms with Crippen LogP contribution in [0.15, 0.2) is 48.7 Å². The van der Waals surface area contributed by atoms with E-state index in [-0.39, 0.29) is 12.5 Å². The normalized spacial score (nSPS) is 9.96. The van der Waals surface area contributed by atoms with Gasteiger partial charge in [0, 0.05) is 26.3 Å². The minimum absolute atomic E-state index is 0.238. The lowest BCUT2D eigenvalue weighted by molar-refractivity contribution is 0.209. The molecule has 25 heavy (non-hydrogen) atoms. The molecule has 0 radical (unpaired) electrons. The highest BCUT2D eigenvalue weighted by Gasteiger charge is 2.16. The summed E-state index contributed by atoms with van der Waals surface area (Å²) in [7, 11) is 1.98. The van der Waals surface area contributed by atoms with E-state index in [9.17, 15) is 4.79 Å². The molecule has 2 amide bonds. The Morgan fingerprint density at radius 2 is 2.00 bits per heavy atom. The molecule has 1 heterocycles. The molecule has 0 unspecified atom stereocenters. The molecule has 6 nitrogen and oxygen atoms in total. The molecule has 0 saturated carbocycles. The Kier molecular flexibility index (Phi) is 6.78. The van der Waals surface area contributed by atoms with Crippen LogP contribution in [-0.4, -0.2) is 36.1 Å². The molecule has 0 aliphatic heterocycles. The van der Waals surface area contributed by atoms with E-state index in [0.29, 0.717) is 13.1 Å². The van der Waals surface area contributed by atoms with Crippen LogP contribution in [0.3, 0.4) is 0 Å². The predicted octanol–water partition coefficient (Wildman–Crippen LogP) is 3.49. The van der Waals surface area contributed by atoms with Gasteiger partial charge in [-0.3, -0.25) is 4.98 Å². The first kappa shape index (κ1) is 18.3. The average Bonchev–Trinajstić information content (AvgIpc) is 2.65. The molecule has 6 heteroatoms. The molecule has 0 atom stereocenters. The predicted molar refractivity (Wildman–Crippen MR) is 99.3 cm³/mol. The number of urea groups is 1. The van der Waals surface area contributed by atoms with Gasteiger partial charge in [-0.15, -0.1) is 0 Å². The lowest BCUT2D eigenvalue weighted by Gasteiger charge is -2.25. The first-order valence-electron chi connectivity index (χ1n) is 8.28. The minimum atomic E-state index is -0.238. The number of carbonyl (C=O) groups is 1. The van der Waals surface area contributed by atoms with E-state index in [1.807, 2.05) is 49.5 Å². The number of hydrogen-bond acceptors (Lipinski definition) is 4. The second-order valence-electron chi connectivity index (χ2n) is 5.61. The quantitative estimate of drug-likeness (QED) is 0.839. The summed E-state index contributed by atoms with van der Waals surface area (Å²) in [4.78, 5) is 20.7. The molecular formula is C19H23N5O. The number of nitrogens with zero attached hydrogens (tertiary/aromatic N) is 4. The van der Waals surface area contributed by atoms with Crippen molar-refractivity contribution in [2.24, 2.45) is 0 Å². The SMILES string of the molecule is CCN(C)c1ccccc1NC(=O)N(CCC#N)Cc1ccccn1. The third-order valence-electron chi connectivity index (χ3n) is 3.89. The monoisotopic (exact) mass is 337 g/mol. The highest BCUT2D eigenvalue weighted by Crippen LogP contribution is 2.24. The van der Waals surface area contributed by atoms with Crippen molar-refractivity contribution in [2.45, 2.75) is 19.9 Å². The molecule has 1 aromatic carbocycles. The van der Waals surface area contributed by atoms with Gasteiger partial charge in [0.1, 0.15) is 0 Å². The summed E-state index contributed by atoms with van der Waals surface area (Å²) in [6, 6.07) is 15.1. The van der Waals surface area contributed by atoms with Crippen molar-refractivity contribution >= 4 is 17.4 Å². The van der Waals surface area contributed by atoms with Crippen molar-refractivity contribution in [1.82, 2.24) is 9.88 Å². The molecule has 1 N–H and O–H groups in total. The van der Waals surface area contributed by atoms with Crippen molar-refractivity contribution in [2.75, 3.05) is 30.4 Å². The maximum Gasteiger partial charge on any atom is 0.322 e. The third-order valence-corrected chi connectivity index (χ3v) is 3.89. The van der Waals surface area contributed by atoms with Gasteiger partial charge in [-0.1, -0.05) is 18.2 Å². The van der Waals surface area contributed by atoms with Gasteiger partial charge in [0.2, 0.25) is 0 Å².